The van der Waals surface area contributed by atoms with Crippen LogP contribution in [0.15, 0.2) is 24.3 Å². The molecular weight excluding hydrogens is 442 g/mol. The topological polar surface area (TPSA) is 89.2 Å². The van der Waals surface area contributed by atoms with E-state index in [0.29, 0.717) is 31.2 Å². The number of rotatable bonds is 5. The first kappa shape index (κ1) is 21.2. The third kappa shape index (κ3) is 3.42. The van der Waals surface area contributed by atoms with Gasteiger partial charge >= 0.3 is 0 Å². The molecule has 35 heavy (non-hydrogen) atoms. The van der Waals surface area contributed by atoms with Crippen molar-refractivity contribution < 1.29 is 4.74 Å². The Kier molecular flexibility index (Phi) is 5.00. The van der Waals surface area contributed by atoms with Crippen molar-refractivity contribution in [1.82, 2.24) is 39.3 Å². The minimum Gasteiger partial charge on any atom is -0.378 e. The fourth-order valence-corrected chi connectivity index (χ4v) is 5.88. The van der Waals surface area contributed by atoms with Crippen molar-refractivity contribution in [3.05, 3.63) is 35.9 Å². The van der Waals surface area contributed by atoms with Gasteiger partial charge in [0.15, 0.2) is 17.0 Å². The highest BCUT2D eigenvalue weighted by molar-refractivity contribution is 5.86. The van der Waals surface area contributed by atoms with Crippen LogP contribution in [0.5, 0.6) is 0 Å². The Morgan fingerprint density at radius 1 is 1.06 bits per heavy atom. The van der Waals surface area contributed by atoms with E-state index in [1.165, 1.54) is 6.42 Å². The van der Waals surface area contributed by atoms with Crippen LogP contribution < -0.4 is 10.2 Å². The summed E-state index contributed by atoms with van der Waals surface area (Å²) in [6.07, 6.45) is 2.03. The third-order valence-corrected chi connectivity index (χ3v) is 7.75. The highest BCUT2D eigenvalue weighted by Gasteiger charge is 2.38. The largest absolute Gasteiger partial charge is 0.378 e. The average Bonchev–Trinajstić information content (AvgIpc) is 3.67. The number of piperazine rings is 1. The number of hydrogen-bond donors (Lipinski definition) is 1. The summed E-state index contributed by atoms with van der Waals surface area (Å²) in [5, 5.41) is 3.60. The van der Waals surface area contributed by atoms with Crippen molar-refractivity contribution in [2.45, 2.75) is 38.4 Å². The first-order valence-electron chi connectivity index (χ1n) is 12.7. The lowest BCUT2D eigenvalue weighted by molar-refractivity contribution is 0.122. The van der Waals surface area contributed by atoms with E-state index in [1.807, 2.05) is 18.2 Å². The number of fused-ring (bicyclic) bond motifs is 4. The quantitative estimate of drug-likeness (QED) is 0.468. The maximum atomic E-state index is 5.64. The van der Waals surface area contributed by atoms with E-state index in [4.69, 9.17) is 24.7 Å². The van der Waals surface area contributed by atoms with Crippen LogP contribution in [0, 0.1) is 0 Å². The molecule has 182 valence electrons. The first-order chi connectivity index (χ1) is 17.2. The molecule has 7 rings (SSSR count). The van der Waals surface area contributed by atoms with Gasteiger partial charge in [0, 0.05) is 51.7 Å². The zero-order chi connectivity index (χ0) is 23.5. The lowest BCUT2D eigenvalue weighted by Crippen LogP contribution is -2.43. The van der Waals surface area contributed by atoms with Gasteiger partial charge in [-0.1, -0.05) is 19.1 Å². The van der Waals surface area contributed by atoms with E-state index in [-0.39, 0.29) is 0 Å². The number of ether oxygens (including phenoxy) is 1. The number of imidazole rings is 2. The number of aryl methyl sites for hydroxylation is 2. The standard InChI is InChI=1S/C25H31N9O/c1-3-20-27-18-6-4-5-7-19(18)34(20)25-29-23-22(24(30-25)32-8-10-35-11-9-32)28-21(31(23)2)15-33-14-16-12-17(33)13-26-16/h4-7,16-17,26H,3,8-15H2,1-2H3. The van der Waals surface area contributed by atoms with Crippen LogP contribution in [0.3, 0.4) is 0 Å². The zero-order valence-corrected chi connectivity index (χ0v) is 20.3. The van der Waals surface area contributed by atoms with Crippen LogP contribution in [0.25, 0.3) is 28.1 Å². The van der Waals surface area contributed by atoms with Gasteiger partial charge in [0.1, 0.15) is 11.6 Å². The Bertz CT molecular complexity index is 1400. The minimum atomic E-state index is 0.601. The molecule has 6 heterocycles. The summed E-state index contributed by atoms with van der Waals surface area (Å²) in [7, 11) is 2.09. The van der Waals surface area contributed by atoms with E-state index in [2.05, 4.69) is 44.3 Å². The monoisotopic (exact) mass is 473 g/mol. The molecule has 3 aliphatic heterocycles. The Hall–Kier alpha value is -3.08. The number of anilines is 1. The van der Waals surface area contributed by atoms with Crippen LogP contribution in [0.4, 0.5) is 5.82 Å². The summed E-state index contributed by atoms with van der Waals surface area (Å²) >= 11 is 0. The maximum Gasteiger partial charge on any atom is 0.239 e. The number of nitrogens with zero attached hydrogens (tertiary/aromatic N) is 8. The van der Waals surface area contributed by atoms with Crippen LogP contribution in [-0.4, -0.2) is 85.4 Å². The second-order valence-electron chi connectivity index (χ2n) is 9.84. The molecule has 1 N–H and O–H groups in total. The highest BCUT2D eigenvalue weighted by Crippen LogP contribution is 2.30. The van der Waals surface area contributed by atoms with E-state index in [1.54, 1.807) is 0 Å². The Morgan fingerprint density at radius 3 is 2.69 bits per heavy atom. The molecule has 1 aromatic carbocycles. The lowest BCUT2D eigenvalue weighted by Gasteiger charge is -2.28. The number of morpholine rings is 1. The zero-order valence-electron chi connectivity index (χ0n) is 20.3. The molecule has 0 aliphatic carbocycles. The number of para-hydroxylation sites is 2. The summed E-state index contributed by atoms with van der Waals surface area (Å²) in [6, 6.07) is 9.43. The Labute approximate surface area is 203 Å². The van der Waals surface area contributed by atoms with Gasteiger partial charge in [-0.3, -0.25) is 9.47 Å². The molecule has 3 aliphatic rings. The van der Waals surface area contributed by atoms with Gasteiger partial charge in [-0.05, 0) is 18.6 Å². The molecule has 2 bridgehead atoms. The molecule has 3 aromatic heterocycles. The second-order valence-corrected chi connectivity index (χ2v) is 9.84. The highest BCUT2D eigenvalue weighted by atomic mass is 16.5. The molecule has 10 heteroatoms. The van der Waals surface area contributed by atoms with E-state index < -0.39 is 0 Å². The van der Waals surface area contributed by atoms with Gasteiger partial charge < -0.3 is 19.5 Å². The first-order valence-corrected chi connectivity index (χ1v) is 12.7. The summed E-state index contributed by atoms with van der Waals surface area (Å²) in [6.45, 7) is 8.10. The fourth-order valence-electron chi connectivity index (χ4n) is 5.88. The molecule has 2 atom stereocenters. The molecule has 10 nitrogen and oxygen atoms in total. The minimum absolute atomic E-state index is 0.601. The molecule has 2 unspecified atom stereocenters. The molecule has 3 fully saturated rings. The smallest absolute Gasteiger partial charge is 0.239 e. The second kappa shape index (κ2) is 8.25. The molecule has 0 amide bonds. The molecule has 0 spiro atoms. The molecule has 0 saturated carbocycles. The third-order valence-electron chi connectivity index (χ3n) is 7.75. The summed E-state index contributed by atoms with van der Waals surface area (Å²) < 4.78 is 9.91. The van der Waals surface area contributed by atoms with Gasteiger partial charge in [0.05, 0.1) is 30.8 Å². The van der Waals surface area contributed by atoms with Crippen LogP contribution in [0.2, 0.25) is 0 Å². The summed E-state index contributed by atoms with van der Waals surface area (Å²) in [5.41, 5.74) is 3.73. The van der Waals surface area contributed by atoms with Crippen molar-refractivity contribution >= 4 is 28.0 Å². The predicted molar refractivity (Wildman–Crippen MR) is 134 cm³/mol. The number of aromatic nitrogens is 6. The normalized spacial score (nSPS) is 22.7. The van der Waals surface area contributed by atoms with Crippen molar-refractivity contribution in [2.24, 2.45) is 7.05 Å². The van der Waals surface area contributed by atoms with Gasteiger partial charge in [-0.25, -0.2) is 9.97 Å². The van der Waals surface area contributed by atoms with Crippen LogP contribution >= 0.6 is 0 Å². The summed E-state index contributed by atoms with van der Waals surface area (Å²) in [5.74, 6) is 3.55. The van der Waals surface area contributed by atoms with Crippen LogP contribution in [0.1, 0.15) is 25.0 Å². The van der Waals surface area contributed by atoms with Crippen molar-refractivity contribution in [1.29, 1.82) is 0 Å². The number of likely N-dealkylation sites (tertiary alicyclic amines) is 1. The summed E-state index contributed by atoms with van der Waals surface area (Å²) in [4.78, 5) is 25.1. The van der Waals surface area contributed by atoms with Gasteiger partial charge in [0.2, 0.25) is 5.95 Å². The number of nitrogens with one attached hydrogen (secondary N) is 1. The fraction of sp³-hybridized carbons (Fsp3) is 0.520. The van der Waals surface area contributed by atoms with Crippen molar-refractivity contribution in [3.63, 3.8) is 0 Å². The molecular formula is C25H31N9O. The molecule has 4 aromatic rings. The molecule has 0 radical (unpaired) electrons. The van der Waals surface area contributed by atoms with E-state index in [0.717, 1.165) is 78.8 Å². The Morgan fingerprint density at radius 2 is 1.91 bits per heavy atom. The number of hydrogen-bond acceptors (Lipinski definition) is 8. The van der Waals surface area contributed by atoms with Crippen LogP contribution in [-0.2, 0) is 24.8 Å². The molecule has 3 saturated heterocycles. The Balaban J connectivity index is 1.39. The van der Waals surface area contributed by atoms with Crippen molar-refractivity contribution in [3.8, 4) is 5.95 Å². The SMILES string of the molecule is CCc1nc2ccccc2n1-c1nc(N2CCOCC2)c2nc(CN3CC4CC3CN4)n(C)c2n1. The average molecular weight is 474 g/mol. The predicted octanol–water partition coefficient (Wildman–Crippen LogP) is 1.65. The van der Waals surface area contributed by atoms with E-state index >= 15 is 0 Å². The van der Waals surface area contributed by atoms with E-state index in [9.17, 15) is 0 Å². The maximum absolute atomic E-state index is 5.64. The van der Waals surface area contributed by atoms with Gasteiger partial charge in [-0.2, -0.15) is 9.97 Å². The number of benzene rings is 1. The lowest BCUT2D eigenvalue weighted by atomic mass is 10.2. The van der Waals surface area contributed by atoms with Crippen molar-refractivity contribution in [2.75, 3.05) is 44.3 Å². The van der Waals surface area contributed by atoms with Gasteiger partial charge in [-0.15, -0.1) is 0 Å². The van der Waals surface area contributed by atoms with Gasteiger partial charge in [0.25, 0.3) is 0 Å².